The molecule has 1 aliphatic rings. The van der Waals surface area contributed by atoms with Crippen LogP contribution in [0.2, 0.25) is 0 Å². The summed E-state index contributed by atoms with van der Waals surface area (Å²) < 4.78 is 37.8. The predicted molar refractivity (Wildman–Crippen MR) is 96.3 cm³/mol. The van der Waals surface area contributed by atoms with E-state index in [0.29, 0.717) is 11.6 Å². The largest absolute Gasteiger partial charge is 0.418 e. The highest BCUT2D eigenvalue weighted by atomic mass is 19.4. The van der Waals surface area contributed by atoms with Gasteiger partial charge in [-0.3, -0.25) is 0 Å². The summed E-state index contributed by atoms with van der Waals surface area (Å²) in [5.41, 5.74) is 9.72. The van der Waals surface area contributed by atoms with Gasteiger partial charge in [0.05, 0.1) is 11.4 Å². The van der Waals surface area contributed by atoms with Gasteiger partial charge in [0.25, 0.3) is 0 Å². The Bertz CT molecular complexity index is 786. The van der Waals surface area contributed by atoms with Crippen LogP contribution in [-0.2, 0) is 0 Å². The molecule has 1 atom stereocenters. The highest BCUT2D eigenvalue weighted by molar-refractivity contribution is 5.81. The molecule has 1 fully saturated rings. The maximum Gasteiger partial charge on any atom is 0.418 e. The van der Waals surface area contributed by atoms with E-state index in [0.717, 1.165) is 28.9 Å². The first kappa shape index (κ1) is 18.5. The third-order valence-electron chi connectivity index (χ3n) is 4.80. The zero-order valence-electron chi connectivity index (χ0n) is 14.4. The summed E-state index contributed by atoms with van der Waals surface area (Å²) in [7, 11) is 0. The number of nitrogens with zero attached hydrogens (tertiary/aromatic N) is 1. The van der Waals surface area contributed by atoms with Crippen molar-refractivity contribution in [3.8, 4) is 11.1 Å². The standard InChI is InChI=1S/C19H22F3N3O/c1-11-15(8-9-16(17(11)23)25(24)10-12-2-3-12)13-4-6-14(7-5-13)18(26)19(20,21)22/h4-9,12,18,26H,2-3,10,23-24H2,1H3. The van der Waals surface area contributed by atoms with Crippen LogP contribution in [0.25, 0.3) is 11.1 Å². The van der Waals surface area contributed by atoms with Crippen LogP contribution in [0, 0.1) is 12.8 Å². The molecule has 1 saturated carbocycles. The smallest absolute Gasteiger partial charge is 0.397 e. The van der Waals surface area contributed by atoms with Gasteiger partial charge in [-0.15, -0.1) is 0 Å². The first-order chi connectivity index (χ1) is 12.2. The molecule has 140 valence electrons. The van der Waals surface area contributed by atoms with Crippen molar-refractivity contribution in [3.05, 3.63) is 47.5 Å². The number of rotatable bonds is 5. The van der Waals surface area contributed by atoms with Gasteiger partial charge in [-0.05, 0) is 54.0 Å². The van der Waals surface area contributed by atoms with Gasteiger partial charge in [-0.25, -0.2) is 5.84 Å². The number of anilines is 2. The van der Waals surface area contributed by atoms with Crippen LogP contribution >= 0.6 is 0 Å². The molecule has 0 bridgehead atoms. The lowest BCUT2D eigenvalue weighted by molar-refractivity contribution is -0.206. The van der Waals surface area contributed by atoms with E-state index in [1.807, 2.05) is 19.1 Å². The van der Waals surface area contributed by atoms with Crippen LogP contribution < -0.4 is 16.6 Å². The lowest BCUT2D eigenvalue weighted by Crippen LogP contribution is -2.33. The number of alkyl halides is 3. The van der Waals surface area contributed by atoms with Gasteiger partial charge in [-0.1, -0.05) is 30.3 Å². The van der Waals surface area contributed by atoms with Crippen molar-refractivity contribution in [2.24, 2.45) is 11.8 Å². The summed E-state index contributed by atoms with van der Waals surface area (Å²) in [6.07, 6.45) is -4.81. The fourth-order valence-corrected chi connectivity index (χ4v) is 2.99. The second kappa shape index (κ2) is 6.81. The Kier molecular flexibility index (Phi) is 4.86. The number of hydrogen-bond acceptors (Lipinski definition) is 4. The SMILES string of the molecule is Cc1c(-c2ccc(C(O)C(F)(F)F)cc2)ccc(N(N)CC2CC2)c1N. The molecule has 0 aromatic heterocycles. The molecule has 7 heteroatoms. The van der Waals surface area contributed by atoms with E-state index < -0.39 is 12.3 Å². The highest BCUT2D eigenvalue weighted by Crippen LogP contribution is 2.37. The molecule has 0 saturated heterocycles. The van der Waals surface area contributed by atoms with E-state index in [9.17, 15) is 18.3 Å². The zero-order chi connectivity index (χ0) is 19.1. The third-order valence-corrected chi connectivity index (χ3v) is 4.80. The first-order valence-corrected chi connectivity index (χ1v) is 8.45. The Balaban J connectivity index is 1.86. The van der Waals surface area contributed by atoms with E-state index in [2.05, 4.69) is 0 Å². The van der Waals surface area contributed by atoms with Gasteiger partial charge in [0.2, 0.25) is 0 Å². The first-order valence-electron chi connectivity index (χ1n) is 8.45. The Labute approximate surface area is 150 Å². The van der Waals surface area contributed by atoms with Gasteiger partial charge in [0.15, 0.2) is 6.10 Å². The average Bonchev–Trinajstić information content (AvgIpc) is 3.40. The van der Waals surface area contributed by atoms with Crippen LogP contribution in [0.3, 0.4) is 0 Å². The monoisotopic (exact) mass is 365 g/mol. The quantitative estimate of drug-likeness (QED) is 0.426. The van der Waals surface area contributed by atoms with Crippen molar-refractivity contribution < 1.29 is 18.3 Å². The number of aliphatic hydroxyl groups excluding tert-OH is 1. The molecule has 0 spiro atoms. The van der Waals surface area contributed by atoms with Gasteiger partial charge in [0.1, 0.15) is 0 Å². The zero-order valence-corrected chi connectivity index (χ0v) is 14.4. The van der Waals surface area contributed by atoms with Crippen LogP contribution in [0.4, 0.5) is 24.5 Å². The summed E-state index contributed by atoms with van der Waals surface area (Å²) in [5.74, 6) is 6.72. The summed E-state index contributed by atoms with van der Waals surface area (Å²) in [4.78, 5) is 0. The number of benzene rings is 2. The van der Waals surface area contributed by atoms with E-state index in [1.165, 1.54) is 25.0 Å². The fraction of sp³-hybridized carbons (Fsp3) is 0.368. The molecule has 4 nitrogen and oxygen atoms in total. The van der Waals surface area contributed by atoms with Gasteiger partial charge < -0.3 is 15.8 Å². The molecule has 5 N–H and O–H groups in total. The second-order valence-corrected chi connectivity index (χ2v) is 6.83. The average molecular weight is 365 g/mol. The lowest BCUT2D eigenvalue weighted by Gasteiger charge is -2.23. The van der Waals surface area contributed by atoms with Gasteiger partial charge >= 0.3 is 6.18 Å². The van der Waals surface area contributed by atoms with Crippen molar-refractivity contribution in [2.45, 2.75) is 32.0 Å². The van der Waals surface area contributed by atoms with E-state index in [4.69, 9.17) is 11.6 Å². The molecular weight excluding hydrogens is 343 g/mol. The number of halogens is 3. The van der Waals surface area contributed by atoms with Crippen LogP contribution in [0.15, 0.2) is 36.4 Å². The summed E-state index contributed by atoms with van der Waals surface area (Å²) in [6, 6.07) is 9.35. The molecule has 26 heavy (non-hydrogen) atoms. The number of hydrazine groups is 1. The molecule has 0 aliphatic heterocycles. The highest BCUT2D eigenvalue weighted by Gasteiger charge is 2.39. The molecule has 1 unspecified atom stereocenters. The molecule has 0 radical (unpaired) electrons. The Morgan fingerprint density at radius 3 is 2.31 bits per heavy atom. The Morgan fingerprint density at radius 2 is 1.77 bits per heavy atom. The molecular formula is C19H22F3N3O. The topological polar surface area (TPSA) is 75.5 Å². The molecule has 2 aromatic carbocycles. The van der Waals surface area contributed by atoms with Crippen molar-refractivity contribution in [1.29, 1.82) is 0 Å². The summed E-state index contributed by atoms with van der Waals surface area (Å²) in [6.45, 7) is 2.62. The normalized spacial score (nSPS) is 15.8. The number of nitrogen functional groups attached to an aromatic ring is 1. The fourth-order valence-electron chi connectivity index (χ4n) is 2.99. The number of aliphatic hydroxyl groups is 1. The van der Waals surface area contributed by atoms with E-state index in [1.54, 1.807) is 17.1 Å². The maximum absolute atomic E-state index is 12.6. The molecule has 2 aromatic rings. The predicted octanol–water partition coefficient (Wildman–Crippen LogP) is 3.93. The minimum absolute atomic E-state index is 0.193. The van der Waals surface area contributed by atoms with Crippen molar-refractivity contribution in [3.63, 3.8) is 0 Å². The van der Waals surface area contributed by atoms with Crippen LogP contribution in [0.1, 0.15) is 30.1 Å². The number of nitrogens with two attached hydrogens (primary N) is 2. The Morgan fingerprint density at radius 1 is 1.15 bits per heavy atom. The Hall–Kier alpha value is -2.25. The van der Waals surface area contributed by atoms with Crippen LogP contribution in [0.5, 0.6) is 0 Å². The van der Waals surface area contributed by atoms with Gasteiger partial charge in [-0.2, -0.15) is 13.2 Å². The minimum atomic E-state index is -4.68. The van der Waals surface area contributed by atoms with Crippen molar-refractivity contribution >= 4 is 11.4 Å². The molecule has 1 aliphatic carbocycles. The third kappa shape index (κ3) is 3.78. The summed E-state index contributed by atoms with van der Waals surface area (Å²) in [5, 5.41) is 11.0. The lowest BCUT2D eigenvalue weighted by atomic mass is 9.96. The molecule has 0 heterocycles. The van der Waals surface area contributed by atoms with E-state index >= 15 is 0 Å². The van der Waals surface area contributed by atoms with E-state index in [-0.39, 0.29) is 5.56 Å². The minimum Gasteiger partial charge on any atom is -0.397 e. The molecule has 3 rings (SSSR count). The second-order valence-electron chi connectivity index (χ2n) is 6.83. The van der Waals surface area contributed by atoms with Crippen molar-refractivity contribution in [1.82, 2.24) is 0 Å². The van der Waals surface area contributed by atoms with Crippen LogP contribution in [-0.4, -0.2) is 17.8 Å². The van der Waals surface area contributed by atoms with Crippen molar-refractivity contribution in [2.75, 3.05) is 17.3 Å². The van der Waals surface area contributed by atoms with Gasteiger partial charge in [0, 0.05) is 6.54 Å². The maximum atomic E-state index is 12.6. The summed E-state index contributed by atoms with van der Waals surface area (Å²) >= 11 is 0. The number of hydrogen-bond donors (Lipinski definition) is 3. The molecule has 0 amide bonds.